The zero-order chi connectivity index (χ0) is 12.7. The minimum Gasteiger partial charge on any atom is -0.443 e. The van der Waals surface area contributed by atoms with Crippen LogP contribution in [0.25, 0.3) is 0 Å². The van der Waals surface area contributed by atoms with Crippen LogP contribution in [0.4, 0.5) is 4.79 Å². The van der Waals surface area contributed by atoms with E-state index in [1.165, 1.54) is 11.1 Å². The summed E-state index contributed by atoms with van der Waals surface area (Å²) in [5.74, 6) is 0. The minimum atomic E-state index is -0.223. The number of nitrogens with two attached hydrogens (primary N) is 1. The third kappa shape index (κ3) is 1.77. The lowest BCUT2D eigenvalue weighted by Crippen LogP contribution is -2.35. The van der Waals surface area contributed by atoms with Gasteiger partial charge in [0.25, 0.3) is 0 Å². The first-order chi connectivity index (χ1) is 8.66. The summed E-state index contributed by atoms with van der Waals surface area (Å²) in [4.78, 5) is 13.8. The Labute approximate surface area is 107 Å². The van der Waals surface area contributed by atoms with Crippen molar-refractivity contribution in [3.05, 3.63) is 35.4 Å². The number of carbonyl (C=O) groups is 1. The lowest BCUT2D eigenvalue weighted by molar-refractivity contribution is 0.120. The molecule has 3 unspecified atom stereocenters. The number of hydrogen-bond acceptors (Lipinski definition) is 3. The molecule has 3 rings (SSSR count). The van der Waals surface area contributed by atoms with Crippen molar-refractivity contribution in [2.75, 3.05) is 6.54 Å². The molecule has 3 atom stereocenters. The largest absolute Gasteiger partial charge is 0.443 e. The van der Waals surface area contributed by atoms with Gasteiger partial charge in [-0.25, -0.2) is 4.79 Å². The molecule has 2 aliphatic rings. The van der Waals surface area contributed by atoms with Crippen LogP contribution in [0.3, 0.4) is 0 Å². The van der Waals surface area contributed by atoms with E-state index < -0.39 is 0 Å². The van der Waals surface area contributed by atoms with Crippen LogP contribution in [-0.2, 0) is 11.2 Å². The maximum atomic E-state index is 11.9. The van der Waals surface area contributed by atoms with E-state index in [4.69, 9.17) is 10.5 Å². The third-order valence-corrected chi connectivity index (χ3v) is 3.93. The van der Waals surface area contributed by atoms with Crippen LogP contribution in [0.5, 0.6) is 0 Å². The fraction of sp³-hybridized carbons (Fsp3) is 0.500. The van der Waals surface area contributed by atoms with E-state index in [9.17, 15) is 4.79 Å². The van der Waals surface area contributed by atoms with Gasteiger partial charge in [0, 0.05) is 6.04 Å². The number of rotatable bonds is 2. The molecule has 1 amide bonds. The Morgan fingerprint density at radius 2 is 2.22 bits per heavy atom. The van der Waals surface area contributed by atoms with E-state index in [1.54, 1.807) is 0 Å². The fourth-order valence-corrected chi connectivity index (χ4v) is 2.89. The molecule has 4 nitrogen and oxygen atoms in total. The van der Waals surface area contributed by atoms with Crippen molar-refractivity contribution in [1.82, 2.24) is 4.90 Å². The molecule has 0 aromatic heterocycles. The van der Waals surface area contributed by atoms with E-state index in [2.05, 4.69) is 12.1 Å². The predicted molar refractivity (Wildman–Crippen MR) is 68.1 cm³/mol. The molecule has 0 radical (unpaired) electrons. The van der Waals surface area contributed by atoms with Crippen molar-refractivity contribution in [2.45, 2.75) is 38.0 Å². The number of carbonyl (C=O) groups excluding carboxylic acids is 1. The molecule has 1 heterocycles. The standard InChI is InChI=1S/C14H18N2O2/c1-9(15)13-8-16(14(17)18-13)12-7-6-10-4-2-3-5-11(10)12/h2-5,9,12-13H,6-8,15H2,1H3. The number of nitrogens with zero attached hydrogens (tertiary/aromatic N) is 1. The first kappa shape index (κ1) is 11.5. The fourth-order valence-electron chi connectivity index (χ4n) is 2.89. The van der Waals surface area contributed by atoms with Gasteiger partial charge < -0.3 is 10.5 Å². The SMILES string of the molecule is CC(N)C1CN(C2CCc3ccccc32)C(=O)O1. The van der Waals surface area contributed by atoms with Crippen molar-refractivity contribution in [3.8, 4) is 0 Å². The van der Waals surface area contributed by atoms with E-state index >= 15 is 0 Å². The number of ether oxygens (including phenoxy) is 1. The maximum absolute atomic E-state index is 11.9. The van der Waals surface area contributed by atoms with Crippen molar-refractivity contribution in [3.63, 3.8) is 0 Å². The van der Waals surface area contributed by atoms with Gasteiger partial charge in [-0.05, 0) is 30.9 Å². The van der Waals surface area contributed by atoms with Gasteiger partial charge >= 0.3 is 6.09 Å². The zero-order valence-corrected chi connectivity index (χ0v) is 10.5. The van der Waals surface area contributed by atoms with E-state index in [1.807, 2.05) is 24.0 Å². The number of benzene rings is 1. The average molecular weight is 246 g/mol. The topological polar surface area (TPSA) is 55.6 Å². The van der Waals surface area contributed by atoms with Gasteiger partial charge in [-0.15, -0.1) is 0 Å². The van der Waals surface area contributed by atoms with Crippen LogP contribution in [-0.4, -0.2) is 29.7 Å². The second-order valence-corrected chi connectivity index (χ2v) is 5.19. The normalized spacial score (nSPS) is 28.1. The number of hydrogen-bond donors (Lipinski definition) is 1. The Balaban J connectivity index is 1.83. The van der Waals surface area contributed by atoms with Gasteiger partial charge in [0.1, 0.15) is 6.10 Å². The van der Waals surface area contributed by atoms with Crippen LogP contribution >= 0.6 is 0 Å². The number of amides is 1. The third-order valence-electron chi connectivity index (χ3n) is 3.93. The molecule has 96 valence electrons. The Morgan fingerprint density at radius 3 is 2.94 bits per heavy atom. The minimum absolute atomic E-state index is 0.115. The first-order valence-electron chi connectivity index (χ1n) is 6.47. The van der Waals surface area contributed by atoms with Gasteiger partial charge in [0.15, 0.2) is 0 Å². The number of aryl methyl sites for hydroxylation is 1. The quantitative estimate of drug-likeness (QED) is 0.866. The lowest BCUT2D eigenvalue weighted by atomic mass is 10.1. The molecule has 2 N–H and O–H groups in total. The van der Waals surface area contributed by atoms with Crippen molar-refractivity contribution >= 4 is 6.09 Å². The highest BCUT2D eigenvalue weighted by molar-refractivity contribution is 5.71. The molecular formula is C14H18N2O2. The first-order valence-corrected chi connectivity index (χ1v) is 6.47. The summed E-state index contributed by atoms with van der Waals surface area (Å²) in [5.41, 5.74) is 8.42. The molecular weight excluding hydrogens is 228 g/mol. The molecule has 1 aromatic carbocycles. The summed E-state index contributed by atoms with van der Waals surface area (Å²) in [5, 5.41) is 0. The summed E-state index contributed by atoms with van der Waals surface area (Å²) < 4.78 is 5.32. The van der Waals surface area contributed by atoms with Crippen LogP contribution in [0.2, 0.25) is 0 Å². The predicted octanol–water partition coefficient (Wildman–Crippen LogP) is 1.84. The number of fused-ring (bicyclic) bond motifs is 1. The number of cyclic esters (lactones) is 1. The molecule has 1 aromatic rings. The lowest BCUT2D eigenvalue weighted by Gasteiger charge is -2.22. The van der Waals surface area contributed by atoms with Crippen LogP contribution < -0.4 is 5.73 Å². The molecule has 1 fully saturated rings. The second kappa shape index (κ2) is 4.28. The highest BCUT2D eigenvalue weighted by Crippen LogP contribution is 2.37. The highest BCUT2D eigenvalue weighted by Gasteiger charge is 2.40. The summed E-state index contributed by atoms with van der Waals surface area (Å²) in [6, 6.07) is 8.38. The van der Waals surface area contributed by atoms with E-state index in [0.717, 1.165) is 12.8 Å². The monoisotopic (exact) mass is 246 g/mol. The molecule has 1 saturated heterocycles. The Kier molecular flexibility index (Phi) is 2.74. The molecule has 18 heavy (non-hydrogen) atoms. The van der Waals surface area contributed by atoms with Gasteiger partial charge in [0.05, 0.1) is 12.6 Å². The summed E-state index contributed by atoms with van der Waals surface area (Å²) in [6.07, 6.45) is 1.62. The molecule has 0 spiro atoms. The van der Waals surface area contributed by atoms with Crippen molar-refractivity contribution in [2.24, 2.45) is 5.73 Å². The molecule has 1 aliphatic carbocycles. The maximum Gasteiger partial charge on any atom is 0.410 e. The second-order valence-electron chi connectivity index (χ2n) is 5.19. The van der Waals surface area contributed by atoms with E-state index in [0.29, 0.717) is 6.54 Å². The van der Waals surface area contributed by atoms with Gasteiger partial charge in [-0.2, -0.15) is 0 Å². The van der Waals surface area contributed by atoms with E-state index in [-0.39, 0.29) is 24.3 Å². The van der Waals surface area contributed by atoms with Crippen LogP contribution in [0.15, 0.2) is 24.3 Å². The van der Waals surface area contributed by atoms with Crippen molar-refractivity contribution in [1.29, 1.82) is 0 Å². The van der Waals surface area contributed by atoms with Gasteiger partial charge in [-0.1, -0.05) is 24.3 Å². The average Bonchev–Trinajstić information content (AvgIpc) is 2.92. The summed E-state index contributed by atoms with van der Waals surface area (Å²) >= 11 is 0. The van der Waals surface area contributed by atoms with Gasteiger partial charge in [-0.3, -0.25) is 4.90 Å². The Morgan fingerprint density at radius 1 is 1.44 bits per heavy atom. The molecule has 0 saturated carbocycles. The van der Waals surface area contributed by atoms with Crippen molar-refractivity contribution < 1.29 is 9.53 Å². The van der Waals surface area contributed by atoms with Crippen LogP contribution in [0, 0.1) is 0 Å². The summed E-state index contributed by atoms with van der Waals surface area (Å²) in [7, 11) is 0. The molecule has 0 bridgehead atoms. The Bertz CT molecular complexity index is 473. The van der Waals surface area contributed by atoms with Gasteiger partial charge in [0.2, 0.25) is 0 Å². The molecule has 4 heteroatoms. The smallest absolute Gasteiger partial charge is 0.410 e. The highest BCUT2D eigenvalue weighted by atomic mass is 16.6. The summed E-state index contributed by atoms with van der Waals surface area (Å²) in [6.45, 7) is 2.49. The molecule has 1 aliphatic heterocycles. The Hall–Kier alpha value is -1.55. The van der Waals surface area contributed by atoms with Crippen LogP contribution in [0.1, 0.15) is 30.5 Å². The zero-order valence-electron chi connectivity index (χ0n) is 10.5.